The number of benzene rings is 1. The van der Waals surface area contributed by atoms with Crippen molar-refractivity contribution >= 4 is 11.9 Å². The molecule has 1 unspecified atom stereocenters. The molecule has 1 aliphatic heterocycles. The van der Waals surface area contributed by atoms with Gasteiger partial charge in [0.1, 0.15) is 0 Å². The third-order valence-corrected chi connectivity index (χ3v) is 4.78. The first-order valence-electron chi connectivity index (χ1n) is 8.09. The largest absolute Gasteiger partial charge is 0.481 e. The first-order chi connectivity index (χ1) is 10.8. The Labute approximate surface area is 137 Å². The molecule has 1 amide bonds. The molecule has 0 radical (unpaired) electrons. The van der Waals surface area contributed by atoms with E-state index in [0.717, 1.165) is 5.56 Å². The highest BCUT2D eigenvalue weighted by Gasteiger charge is 2.35. The van der Waals surface area contributed by atoms with Gasteiger partial charge in [0, 0.05) is 13.1 Å². The molecule has 3 atom stereocenters. The summed E-state index contributed by atoms with van der Waals surface area (Å²) in [6, 6.07) is 6.13. The van der Waals surface area contributed by atoms with E-state index >= 15 is 0 Å². The maximum Gasteiger partial charge on any atom is 0.308 e. The van der Waals surface area contributed by atoms with Crippen LogP contribution in [0.5, 0.6) is 0 Å². The summed E-state index contributed by atoms with van der Waals surface area (Å²) in [4.78, 5) is 25.3. The Hall–Kier alpha value is -1.88. The fraction of sp³-hybridized carbons (Fsp3) is 0.556. The van der Waals surface area contributed by atoms with Gasteiger partial charge in [-0.1, -0.05) is 25.1 Å². The number of carbonyl (C=O) groups is 2. The number of hydrogen-bond acceptors (Lipinski definition) is 3. The highest BCUT2D eigenvalue weighted by Crippen LogP contribution is 2.23. The Bertz CT molecular complexity index is 600. The van der Waals surface area contributed by atoms with Gasteiger partial charge in [-0.3, -0.25) is 14.5 Å². The van der Waals surface area contributed by atoms with Crippen LogP contribution in [0.2, 0.25) is 0 Å². The van der Waals surface area contributed by atoms with Crippen LogP contribution in [0, 0.1) is 25.7 Å². The molecule has 0 aromatic heterocycles. The fourth-order valence-corrected chi connectivity index (χ4v) is 3.13. The average Bonchev–Trinajstić information content (AvgIpc) is 2.82. The zero-order chi connectivity index (χ0) is 17.1. The van der Waals surface area contributed by atoms with Crippen molar-refractivity contribution in [2.24, 2.45) is 11.8 Å². The van der Waals surface area contributed by atoms with Gasteiger partial charge < -0.3 is 10.4 Å². The van der Waals surface area contributed by atoms with E-state index in [1.807, 2.05) is 24.8 Å². The predicted octanol–water partition coefficient (Wildman–Crippen LogP) is 2.13. The van der Waals surface area contributed by atoms with Crippen molar-refractivity contribution in [2.75, 3.05) is 19.6 Å². The van der Waals surface area contributed by atoms with Gasteiger partial charge in [-0.05, 0) is 43.4 Å². The lowest BCUT2D eigenvalue weighted by Gasteiger charge is -2.19. The summed E-state index contributed by atoms with van der Waals surface area (Å²) in [5, 5.41) is 12.2. The summed E-state index contributed by atoms with van der Waals surface area (Å²) >= 11 is 0. The minimum atomic E-state index is -0.774. The number of likely N-dealkylation sites (tertiary alicyclic amines) is 1. The second-order valence-electron chi connectivity index (χ2n) is 6.75. The van der Waals surface area contributed by atoms with Crippen molar-refractivity contribution in [3.63, 3.8) is 0 Å². The Morgan fingerprint density at radius 2 is 2.00 bits per heavy atom. The summed E-state index contributed by atoms with van der Waals surface area (Å²) < 4.78 is 0. The molecule has 2 N–H and O–H groups in total. The van der Waals surface area contributed by atoms with Crippen LogP contribution in [0.3, 0.4) is 0 Å². The van der Waals surface area contributed by atoms with Gasteiger partial charge in [-0.2, -0.15) is 0 Å². The predicted molar refractivity (Wildman–Crippen MR) is 89.2 cm³/mol. The second-order valence-corrected chi connectivity index (χ2v) is 6.75. The standard InChI is InChI=1S/C18H26N2O3/c1-11-5-6-15(7-12(11)2)14(4)19-17(21)10-20-8-13(3)16(9-20)18(22)23/h5-7,13-14,16H,8-10H2,1-4H3,(H,19,21)(H,22,23)/t13-,14?,16-/m1/s1. The quantitative estimate of drug-likeness (QED) is 0.872. The minimum absolute atomic E-state index is 0.0582. The Morgan fingerprint density at radius 3 is 2.57 bits per heavy atom. The number of hydrogen-bond donors (Lipinski definition) is 2. The third kappa shape index (κ3) is 4.32. The number of aryl methyl sites for hydroxylation is 2. The zero-order valence-corrected chi connectivity index (χ0v) is 14.3. The summed E-state index contributed by atoms with van der Waals surface area (Å²) in [5.41, 5.74) is 3.53. The summed E-state index contributed by atoms with van der Waals surface area (Å²) in [7, 11) is 0. The van der Waals surface area contributed by atoms with Gasteiger partial charge in [0.2, 0.25) is 5.91 Å². The van der Waals surface area contributed by atoms with Crippen LogP contribution in [-0.4, -0.2) is 41.5 Å². The number of nitrogens with zero attached hydrogens (tertiary/aromatic N) is 1. The molecule has 0 spiro atoms. The molecule has 2 rings (SSSR count). The molecule has 0 aliphatic carbocycles. The lowest BCUT2D eigenvalue weighted by molar-refractivity contribution is -0.142. The van der Waals surface area contributed by atoms with Gasteiger partial charge in [-0.25, -0.2) is 0 Å². The van der Waals surface area contributed by atoms with Crippen LogP contribution in [0.25, 0.3) is 0 Å². The molecular weight excluding hydrogens is 292 g/mol. The van der Waals surface area contributed by atoms with E-state index < -0.39 is 5.97 Å². The molecule has 126 valence electrons. The molecule has 1 aromatic carbocycles. The van der Waals surface area contributed by atoms with Gasteiger partial charge in [0.05, 0.1) is 18.5 Å². The molecule has 1 saturated heterocycles. The van der Waals surface area contributed by atoms with Crippen molar-refractivity contribution in [2.45, 2.75) is 33.7 Å². The van der Waals surface area contributed by atoms with Crippen LogP contribution in [0.4, 0.5) is 0 Å². The van der Waals surface area contributed by atoms with Gasteiger partial charge in [-0.15, -0.1) is 0 Å². The number of nitrogens with one attached hydrogen (secondary N) is 1. The molecule has 1 aromatic rings. The van der Waals surface area contributed by atoms with Crippen molar-refractivity contribution in [1.29, 1.82) is 0 Å². The first-order valence-corrected chi connectivity index (χ1v) is 8.09. The van der Waals surface area contributed by atoms with E-state index in [2.05, 4.69) is 31.3 Å². The summed E-state index contributed by atoms with van der Waals surface area (Å²) in [5.74, 6) is -1.13. The van der Waals surface area contributed by atoms with Crippen LogP contribution in [0.15, 0.2) is 18.2 Å². The van der Waals surface area contributed by atoms with Crippen LogP contribution >= 0.6 is 0 Å². The molecule has 0 saturated carbocycles. The van der Waals surface area contributed by atoms with Gasteiger partial charge in [0.25, 0.3) is 0 Å². The highest BCUT2D eigenvalue weighted by atomic mass is 16.4. The lowest BCUT2D eigenvalue weighted by atomic mass is 9.99. The average molecular weight is 318 g/mol. The van der Waals surface area contributed by atoms with Crippen LogP contribution in [-0.2, 0) is 9.59 Å². The monoisotopic (exact) mass is 318 g/mol. The second kappa shape index (κ2) is 7.13. The molecule has 23 heavy (non-hydrogen) atoms. The maximum absolute atomic E-state index is 12.2. The lowest BCUT2D eigenvalue weighted by Crippen LogP contribution is -2.37. The van der Waals surface area contributed by atoms with E-state index in [1.165, 1.54) is 11.1 Å². The maximum atomic E-state index is 12.2. The smallest absolute Gasteiger partial charge is 0.308 e. The Kier molecular flexibility index (Phi) is 5.42. The molecule has 5 heteroatoms. The molecule has 5 nitrogen and oxygen atoms in total. The normalized spacial score (nSPS) is 22.8. The van der Waals surface area contributed by atoms with Crippen molar-refractivity contribution < 1.29 is 14.7 Å². The number of carboxylic acid groups (broad SMARTS) is 1. The van der Waals surface area contributed by atoms with Crippen molar-refractivity contribution in [3.8, 4) is 0 Å². The molecular formula is C18H26N2O3. The number of rotatable bonds is 5. The zero-order valence-electron chi connectivity index (χ0n) is 14.3. The van der Waals surface area contributed by atoms with Crippen LogP contribution in [0.1, 0.15) is 36.6 Å². The van der Waals surface area contributed by atoms with E-state index in [0.29, 0.717) is 13.1 Å². The third-order valence-electron chi connectivity index (χ3n) is 4.78. The minimum Gasteiger partial charge on any atom is -0.481 e. The Morgan fingerprint density at radius 1 is 1.30 bits per heavy atom. The first kappa shape index (κ1) is 17.5. The van der Waals surface area contributed by atoms with E-state index in [1.54, 1.807) is 0 Å². The number of carbonyl (C=O) groups excluding carboxylic acids is 1. The van der Waals surface area contributed by atoms with E-state index in [-0.39, 0.29) is 30.3 Å². The van der Waals surface area contributed by atoms with Crippen molar-refractivity contribution in [3.05, 3.63) is 34.9 Å². The number of carboxylic acids is 1. The van der Waals surface area contributed by atoms with E-state index in [9.17, 15) is 9.59 Å². The molecule has 0 bridgehead atoms. The van der Waals surface area contributed by atoms with Crippen LogP contribution < -0.4 is 5.32 Å². The number of amides is 1. The highest BCUT2D eigenvalue weighted by molar-refractivity contribution is 5.79. The molecule has 1 fully saturated rings. The van der Waals surface area contributed by atoms with Gasteiger partial charge in [0.15, 0.2) is 0 Å². The topological polar surface area (TPSA) is 69.6 Å². The number of aliphatic carboxylic acids is 1. The Balaban J connectivity index is 1.89. The van der Waals surface area contributed by atoms with Crippen molar-refractivity contribution in [1.82, 2.24) is 10.2 Å². The summed E-state index contributed by atoms with van der Waals surface area (Å²) in [6.45, 7) is 9.37. The molecule has 1 heterocycles. The summed E-state index contributed by atoms with van der Waals surface area (Å²) in [6.07, 6.45) is 0. The van der Waals surface area contributed by atoms with E-state index in [4.69, 9.17) is 5.11 Å². The SMILES string of the molecule is Cc1ccc(C(C)NC(=O)CN2C[C@@H](C)[C@H](C(=O)O)C2)cc1C. The van der Waals surface area contributed by atoms with Gasteiger partial charge >= 0.3 is 5.97 Å². The molecule has 1 aliphatic rings. The fourth-order valence-electron chi connectivity index (χ4n) is 3.13.